The number of H-pyrrole nitrogens is 1. The molecule has 0 spiro atoms. The van der Waals surface area contributed by atoms with Crippen molar-refractivity contribution in [3.63, 3.8) is 0 Å². The van der Waals surface area contributed by atoms with Crippen LogP contribution in [0.15, 0.2) is 24.3 Å². The molecule has 0 atom stereocenters. The average molecular weight is 196 g/mol. The molecule has 1 N–H and O–H groups in total. The van der Waals surface area contributed by atoms with Gasteiger partial charge in [-0.15, -0.1) is 0 Å². The lowest BCUT2D eigenvalue weighted by Gasteiger charge is -2.06. The first-order valence-corrected chi connectivity index (χ1v) is 4.34. The van der Waals surface area contributed by atoms with Crippen LogP contribution < -0.4 is 5.11 Å². The van der Waals surface area contributed by atoms with Gasteiger partial charge >= 0.3 is 0 Å². The number of nitriles is 2. The minimum absolute atomic E-state index is 0.246. The molecule has 1 heterocycles. The smallest absolute Gasteiger partial charge is 0.159 e. The van der Waals surface area contributed by atoms with Crippen LogP contribution in [0.1, 0.15) is 11.5 Å². The molecular weight excluding hydrogens is 190 g/mol. The minimum Gasteiger partial charge on any atom is -0.860 e. The van der Waals surface area contributed by atoms with Crippen molar-refractivity contribution in [3.8, 4) is 18.0 Å². The fraction of sp³-hybridized carbons (Fsp3) is 0.0909. The SMILES string of the molecule is N#CC(C#N)c1c([O-])[nH]c2ccccc12. The maximum absolute atomic E-state index is 11.5. The second-order valence-electron chi connectivity index (χ2n) is 3.10. The maximum Gasteiger partial charge on any atom is 0.159 e. The Morgan fingerprint density at radius 1 is 1.20 bits per heavy atom. The van der Waals surface area contributed by atoms with Gasteiger partial charge in [0, 0.05) is 16.5 Å². The molecule has 15 heavy (non-hydrogen) atoms. The molecule has 0 bridgehead atoms. The van der Waals surface area contributed by atoms with Crippen molar-refractivity contribution >= 4 is 10.9 Å². The lowest BCUT2D eigenvalue weighted by molar-refractivity contribution is -0.275. The van der Waals surface area contributed by atoms with Crippen LogP contribution in [-0.2, 0) is 0 Å². The van der Waals surface area contributed by atoms with E-state index in [2.05, 4.69) is 4.98 Å². The van der Waals surface area contributed by atoms with E-state index in [9.17, 15) is 5.11 Å². The van der Waals surface area contributed by atoms with Crippen molar-refractivity contribution < 1.29 is 5.11 Å². The van der Waals surface area contributed by atoms with Gasteiger partial charge in [-0.1, -0.05) is 18.2 Å². The first-order chi connectivity index (χ1) is 7.27. The summed E-state index contributed by atoms with van der Waals surface area (Å²) in [5.41, 5.74) is 0.906. The van der Waals surface area contributed by atoms with Crippen molar-refractivity contribution in [2.45, 2.75) is 5.92 Å². The second-order valence-corrected chi connectivity index (χ2v) is 3.10. The Balaban J connectivity index is 2.76. The van der Waals surface area contributed by atoms with Crippen LogP contribution >= 0.6 is 0 Å². The molecule has 0 fully saturated rings. The Morgan fingerprint density at radius 2 is 1.87 bits per heavy atom. The summed E-state index contributed by atoms with van der Waals surface area (Å²) in [4.78, 5) is 2.62. The third-order valence-corrected chi connectivity index (χ3v) is 2.26. The van der Waals surface area contributed by atoms with Crippen molar-refractivity contribution in [2.24, 2.45) is 0 Å². The van der Waals surface area contributed by atoms with Gasteiger partial charge in [-0.05, 0) is 11.9 Å². The number of nitrogens with one attached hydrogen (secondary N) is 1. The van der Waals surface area contributed by atoms with E-state index >= 15 is 0 Å². The number of aromatic amines is 1. The third kappa shape index (κ3) is 1.29. The highest BCUT2D eigenvalue weighted by atomic mass is 16.3. The number of nitrogens with zero attached hydrogens (tertiary/aromatic N) is 2. The molecule has 0 saturated heterocycles. The van der Waals surface area contributed by atoms with E-state index < -0.39 is 5.92 Å². The van der Waals surface area contributed by atoms with Crippen LogP contribution in [0.4, 0.5) is 0 Å². The van der Waals surface area contributed by atoms with Gasteiger partial charge in [-0.3, -0.25) is 0 Å². The van der Waals surface area contributed by atoms with Crippen molar-refractivity contribution in [3.05, 3.63) is 29.8 Å². The van der Waals surface area contributed by atoms with Gasteiger partial charge < -0.3 is 10.1 Å². The molecule has 0 aliphatic heterocycles. The quantitative estimate of drug-likeness (QED) is 0.747. The topological polar surface area (TPSA) is 86.4 Å². The third-order valence-electron chi connectivity index (χ3n) is 2.26. The largest absolute Gasteiger partial charge is 0.860 e. The Morgan fingerprint density at radius 3 is 2.53 bits per heavy atom. The monoisotopic (exact) mass is 196 g/mol. The van der Waals surface area contributed by atoms with Gasteiger partial charge in [0.2, 0.25) is 0 Å². The number of rotatable bonds is 1. The first-order valence-electron chi connectivity index (χ1n) is 4.34. The van der Waals surface area contributed by atoms with Crippen molar-refractivity contribution in [1.29, 1.82) is 10.5 Å². The van der Waals surface area contributed by atoms with E-state index in [4.69, 9.17) is 10.5 Å². The Kier molecular flexibility index (Phi) is 2.04. The molecule has 1 aromatic carbocycles. The maximum atomic E-state index is 11.5. The Labute approximate surface area is 86.0 Å². The predicted molar refractivity (Wildman–Crippen MR) is 51.7 cm³/mol. The zero-order chi connectivity index (χ0) is 10.8. The summed E-state index contributed by atoms with van der Waals surface area (Å²) in [5.74, 6) is -1.36. The van der Waals surface area contributed by atoms with E-state index in [1.165, 1.54) is 0 Å². The van der Waals surface area contributed by atoms with Crippen LogP contribution in [0.25, 0.3) is 10.9 Å². The number of para-hydroxylation sites is 1. The summed E-state index contributed by atoms with van der Waals surface area (Å²) in [7, 11) is 0. The summed E-state index contributed by atoms with van der Waals surface area (Å²) in [6.07, 6.45) is 0. The van der Waals surface area contributed by atoms with E-state index in [0.717, 1.165) is 0 Å². The number of hydrogen-bond acceptors (Lipinski definition) is 3. The molecule has 0 radical (unpaired) electrons. The fourth-order valence-electron chi connectivity index (χ4n) is 1.58. The number of hydrogen-bond donors (Lipinski definition) is 1. The van der Waals surface area contributed by atoms with Gasteiger partial charge in [-0.2, -0.15) is 10.5 Å². The summed E-state index contributed by atoms with van der Waals surface area (Å²) >= 11 is 0. The van der Waals surface area contributed by atoms with Crippen molar-refractivity contribution in [1.82, 2.24) is 4.98 Å². The molecule has 0 amide bonds. The summed E-state index contributed by atoms with van der Waals surface area (Å²) in [6, 6.07) is 10.6. The van der Waals surface area contributed by atoms with Crippen molar-refractivity contribution in [2.75, 3.05) is 0 Å². The molecule has 4 nitrogen and oxygen atoms in total. The standard InChI is InChI=1S/C11H7N3O/c12-5-7(6-13)10-8-3-1-2-4-9(8)14-11(10)15/h1-4,7,14-15H/p-1. The van der Waals surface area contributed by atoms with Crippen LogP contribution in [0.3, 0.4) is 0 Å². The van der Waals surface area contributed by atoms with E-state index in [0.29, 0.717) is 10.9 Å². The minimum atomic E-state index is -1.01. The Hall–Kier alpha value is -2.46. The lowest BCUT2D eigenvalue weighted by Crippen LogP contribution is -1.98. The molecule has 1 aromatic heterocycles. The van der Waals surface area contributed by atoms with Crippen LogP contribution in [-0.4, -0.2) is 4.98 Å². The first kappa shape index (κ1) is 9.11. The Bertz CT molecular complexity index is 572. The molecule has 0 unspecified atom stereocenters. The average Bonchev–Trinajstić information content (AvgIpc) is 2.58. The highest BCUT2D eigenvalue weighted by Gasteiger charge is 2.15. The van der Waals surface area contributed by atoms with E-state index in [1.54, 1.807) is 36.4 Å². The lowest BCUT2D eigenvalue weighted by atomic mass is 10.0. The van der Waals surface area contributed by atoms with Gasteiger partial charge in [-0.25, -0.2) is 0 Å². The predicted octanol–water partition coefficient (Wildman–Crippen LogP) is 1.37. The molecule has 2 aromatic rings. The highest BCUT2D eigenvalue weighted by molar-refractivity contribution is 5.87. The number of benzene rings is 1. The molecule has 2 rings (SSSR count). The van der Waals surface area contributed by atoms with Gasteiger partial charge in [0.15, 0.2) is 5.92 Å². The summed E-state index contributed by atoms with van der Waals surface area (Å²) < 4.78 is 0. The zero-order valence-corrected chi connectivity index (χ0v) is 7.69. The summed E-state index contributed by atoms with van der Waals surface area (Å²) in [6.45, 7) is 0. The van der Waals surface area contributed by atoms with Crippen LogP contribution in [0.5, 0.6) is 5.88 Å². The molecular formula is C11H6N3O-. The van der Waals surface area contributed by atoms with E-state index in [1.807, 2.05) is 0 Å². The second kappa shape index (κ2) is 3.36. The number of aromatic nitrogens is 1. The highest BCUT2D eigenvalue weighted by Crippen LogP contribution is 2.31. The van der Waals surface area contributed by atoms with Crippen LogP contribution in [0.2, 0.25) is 0 Å². The van der Waals surface area contributed by atoms with E-state index in [-0.39, 0.29) is 11.4 Å². The molecule has 0 aliphatic carbocycles. The van der Waals surface area contributed by atoms with Crippen LogP contribution in [0, 0.1) is 22.7 Å². The fourth-order valence-corrected chi connectivity index (χ4v) is 1.58. The van der Waals surface area contributed by atoms with Gasteiger partial charge in [0.25, 0.3) is 0 Å². The van der Waals surface area contributed by atoms with Gasteiger partial charge in [0.05, 0.1) is 12.1 Å². The summed E-state index contributed by atoms with van der Waals surface area (Å²) in [5, 5.41) is 29.7. The molecule has 4 heteroatoms. The number of fused-ring (bicyclic) bond motifs is 1. The molecule has 0 aliphatic rings. The van der Waals surface area contributed by atoms with Gasteiger partial charge in [0.1, 0.15) is 0 Å². The zero-order valence-electron chi connectivity index (χ0n) is 7.69. The molecule has 0 saturated carbocycles. The normalized spacial score (nSPS) is 10.1. The molecule has 72 valence electrons.